The largest absolute Gasteiger partial charge is 0.410 e. The molecule has 2 aromatic heterocycles. The highest BCUT2D eigenvalue weighted by molar-refractivity contribution is 6.74. The number of aryl methyl sites for hydroxylation is 1. The van der Waals surface area contributed by atoms with Crippen LogP contribution in [0.3, 0.4) is 0 Å². The summed E-state index contributed by atoms with van der Waals surface area (Å²) in [5.41, 5.74) is 8.11. The standard InChI is InChI=1S/C23H34N4O2Si/c1-15(22-25-13-18(26-22)21(24)28)12-20(29-30(6,7)23(2,3)4)17-14-27(5)19-11-9-8-10-16(17)19/h8-11,13-15,20H,12H2,1-7H3,(H2,24,28)(H,25,26). The maximum Gasteiger partial charge on any atom is 0.266 e. The van der Waals surface area contributed by atoms with Crippen molar-refractivity contribution in [2.75, 3.05) is 0 Å². The van der Waals surface area contributed by atoms with Crippen LogP contribution in [0.5, 0.6) is 0 Å². The Labute approximate surface area is 180 Å². The fourth-order valence-corrected chi connectivity index (χ4v) is 4.83. The van der Waals surface area contributed by atoms with Crippen LogP contribution < -0.4 is 5.73 Å². The molecule has 0 spiro atoms. The Hall–Kier alpha value is -2.38. The quantitative estimate of drug-likeness (QED) is 0.505. The van der Waals surface area contributed by atoms with E-state index in [1.807, 2.05) is 0 Å². The molecule has 30 heavy (non-hydrogen) atoms. The first kappa shape index (κ1) is 22.3. The number of aromatic nitrogens is 3. The number of H-pyrrole nitrogens is 1. The topological polar surface area (TPSA) is 85.9 Å². The fourth-order valence-electron chi connectivity index (χ4n) is 3.55. The van der Waals surface area contributed by atoms with Crippen LogP contribution in [0.2, 0.25) is 18.1 Å². The number of carbonyl (C=O) groups excluding carboxylic acids is 1. The second-order valence-electron chi connectivity index (χ2n) is 9.76. The van der Waals surface area contributed by atoms with Crippen molar-refractivity contribution in [2.45, 2.75) is 64.3 Å². The highest BCUT2D eigenvalue weighted by Crippen LogP contribution is 2.43. The number of para-hydroxylation sites is 1. The highest BCUT2D eigenvalue weighted by Gasteiger charge is 2.40. The number of aromatic amines is 1. The maximum absolute atomic E-state index is 11.5. The zero-order valence-electron chi connectivity index (χ0n) is 19.1. The number of nitrogens with zero attached hydrogens (tertiary/aromatic N) is 2. The van der Waals surface area contributed by atoms with E-state index < -0.39 is 14.2 Å². The van der Waals surface area contributed by atoms with Crippen LogP contribution in [0.4, 0.5) is 0 Å². The highest BCUT2D eigenvalue weighted by atomic mass is 28.4. The molecule has 6 nitrogen and oxygen atoms in total. The van der Waals surface area contributed by atoms with Crippen LogP contribution in [-0.2, 0) is 11.5 Å². The number of hydrogen-bond acceptors (Lipinski definition) is 3. The van der Waals surface area contributed by atoms with Crippen molar-refractivity contribution in [3.8, 4) is 0 Å². The van der Waals surface area contributed by atoms with Crippen molar-refractivity contribution in [3.05, 3.63) is 53.7 Å². The molecule has 0 saturated carbocycles. The van der Waals surface area contributed by atoms with Gasteiger partial charge >= 0.3 is 0 Å². The minimum atomic E-state index is -2.02. The van der Waals surface area contributed by atoms with Crippen molar-refractivity contribution in [1.29, 1.82) is 0 Å². The van der Waals surface area contributed by atoms with Gasteiger partial charge in [0.15, 0.2) is 8.32 Å². The summed E-state index contributed by atoms with van der Waals surface area (Å²) in [5.74, 6) is 0.337. The van der Waals surface area contributed by atoms with E-state index in [0.29, 0.717) is 5.69 Å². The molecule has 0 saturated heterocycles. The number of carbonyl (C=O) groups is 1. The van der Waals surface area contributed by atoms with Gasteiger partial charge in [0.2, 0.25) is 0 Å². The number of hydrogen-bond donors (Lipinski definition) is 2. The average Bonchev–Trinajstić information content (AvgIpc) is 3.26. The zero-order valence-corrected chi connectivity index (χ0v) is 20.1. The number of amides is 1. The maximum atomic E-state index is 11.5. The summed E-state index contributed by atoms with van der Waals surface area (Å²) in [6.07, 6.45) is 4.38. The van der Waals surface area contributed by atoms with Crippen LogP contribution in [0.1, 0.15) is 68.0 Å². The van der Waals surface area contributed by atoms with Crippen molar-refractivity contribution in [2.24, 2.45) is 12.8 Å². The van der Waals surface area contributed by atoms with Gasteiger partial charge in [-0.3, -0.25) is 4.79 Å². The number of primary amides is 1. The van der Waals surface area contributed by atoms with Gasteiger partial charge in [0.05, 0.1) is 12.3 Å². The minimum Gasteiger partial charge on any atom is -0.410 e. The Morgan fingerprint density at radius 1 is 1.30 bits per heavy atom. The molecule has 162 valence electrons. The molecule has 3 rings (SSSR count). The van der Waals surface area contributed by atoms with Crippen LogP contribution in [0.25, 0.3) is 10.9 Å². The van der Waals surface area contributed by atoms with Gasteiger partial charge in [-0.1, -0.05) is 45.9 Å². The van der Waals surface area contributed by atoms with Gasteiger partial charge in [0.25, 0.3) is 5.91 Å². The molecule has 2 atom stereocenters. The number of rotatable bonds is 7. The third-order valence-corrected chi connectivity index (χ3v) is 10.9. The second kappa shape index (κ2) is 8.04. The molecule has 1 aromatic carbocycles. The average molecular weight is 427 g/mol. The first-order chi connectivity index (χ1) is 13.9. The van der Waals surface area contributed by atoms with E-state index in [2.05, 4.69) is 92.8 Å². The second-order valence-corrected chi connectivity index (χ2v) is 14.5. The number of imidazole rings is 1. The molecule has 0 aliphatic rings. The molecule has 0 fully saturated rings. The Balaban J connectivity index is 1.99. The first-order valence-corrected chi connectivity index (χ1v) is 13.4. The van der Waals surface area contributed by atoms with Gasteiger partial charge < -0.3 is 19.7 Å². The smallest absolute Gasteiger partial charge is 0.266 e. The summed E-state index contributed by atoms with van der Waals surface area (Å²) in [6, 6.07) is 8.43. The van der Waals surface area contributed by atoms with Crippen molar-refractivity contribution in [3.63, 3.8) is 0 Å². The van der Waals surface area contributed by atoms with Gasteiger partial charge in [-0.2, -0.15) is 0 Å². The van der Waals surface area contributed by atoms with Crippen molar-refractivity contribution >= 4 is 25.1 Å². The van der Waals surface area contributed by atoms with E-state index in [1.54, 1.807) is 0 Å². The van der Waals surface area contributed by atoms with Gasteiger partial charge in [-0.05, 0) is 30.6 Å². The van der Waals surface area contributed by atoms with Crippen LogP contribution in [0.15, 0.2) is 36.7 Å². The molecule has 0 aliphatic carbocycles. The molecular formula is C23H34N4O2Si. The third-order valence-electron chi connectivity index (χ3n) is 6.41. The summed E-state index contributed by atoms with van der Waals surface area (Å²) in [7, 11) is 0.0504. The predicted octanol–water partition coefficient (Wildman–Crippen LogP) is 5.26. The molecule has 2 unspecified atom stereocenters. The fraction of sp³-hybridized carbons (Fsp3) is 0.478. The normalized spacial score (nSPS) is 14.8. The van der Waals surface area contributed by atoms with Gasteiger partial charge in [0, 0.05) is 35.6 Å². The monoisotopic (exact) mass is 426 g/mol. The van der Waals surface area contributed by atoms with Crippen molar-refractivity contribution < 1.29 is 9.22 Å². The lowest BCUT2D eigenvalue weighted by atomic mass is 9.97. The molecule has 2 heterocycles. The summed E-state index contributed by atoms with van der Waals surface area (Å²) in [4.78, 5) is 18.9. The van der Waals surface area contributed by atoms with Gasteiger partial charge in [0.1, 0.15) is 11.5 Å². The summed E-state index contributed by atoms with van der Waals surface area (Å²) < 4.78 is 9.11. The summed E-state index contributed by atoms with van der Waals surface area (Å²) >= 11 is 0. The SMILES string of the molecule is CC(CC(O[Si](C)(C)C(C)(C)C)c1cn(C)c2ccccc12)c1ncc(C(N)=O)[nH]1. The lowest BCUT2D eigenvalue weighted by Crippen LogP contribution is -2.42. The van der Waals surface area contributed by atoms with Crippen LogP contribution in [-0.4, -0.2) is 28.8 Å². The first-order valence-electron chi connectivity index (χ1n) is 10.5. The molecule has 0 bridgehead atoms. The molecular weight excluding hydrogens is 392 g/mol. The molecule has 7 heteroatoms. The number of fused-ring (bicyclic) bond motifs is 1. The van der Waals surface area contributed by atoms with Gasteiger partial charge in [-0.15, -0.1) is 0 Å². The van der Waals surface area contributed by atoms with E-state index in [9.17, 15) is 4.79 Å². The lowest BCUT2D eigenvalue weighted by Gasteiger charge is -2.40. The Morgan fingerprint density at radius 2 is 1.97 bits per heavy atom. The molecule has 0 aliphatic heterocycles. The minimum absolute atomic E-state index is 0.0749. The number of benzene rings is 1. The molecule has 3 N–H and O–H groups in total. The lowest BCUT2D eigenvalue weighted by molar-refractivity contribution is 0.0996. The zero-order chi connectivity index (χ0) is 22.3. The third kappa shape index (κ3) is 4.37. The Bertz CT molecular complexity index is 1050. The van der Waals surface area contributed by atoms with Gasteiger partial charge in [-0.25, -0.2) is 4.98 Å². The molecule has 3 aromatic rings. The molecule has 1 amide bonds. The predicted molar refractivity (Wildman–Crippen MR) is 124 cm³/mol. The van der Waals surface area contributed by atoms with E-state index in [-0.39, 0.29) is 17.1 Å². The Kier molecular flexibility index (Phi) is 5.98. The Morgan fingerprint density at radius 3 is 2.57 bits per heavy atom. The van der Waals surface area contributed by atoms with E-state index >= 15 is 0 Å². The van der Waals surface area contributed by atoms with Crippen LogP contribution >= 0.6 is 0 Å². The molecule has 0 radical (unpaired) electrons. The van der Waals surface area contributed by atoms with E-state index in [0.717, 1.165) is 12.2 Å². The van der Waals surface area contributed by atoms with Crippen molar-refractivity contribution in [1.82, 2.24) is 14.5 Å². The van der Waals surface area contributed by atoms with E-state index in [1.165, 1.54) is 22.7 Å². The summed E-state index contributed by atoms with van der Waals surface area (Å²) in [6.45, 7) is 13.5. The summed E-state index contributed by atoms with van der Waals surface area (Å²) in [5, 5.41) is 1.32. The number of nitrogens with two attached hydrogens (primary N) is 1. The number of nitrogens with one attached hydrogen (secondary N) is 1. The van der Waals surface area contributed by atoms with E-state index in [4.69, 9.17) is 10.2 Å². The van der Waals surface area contributed by atoms with Crippen LogP contribution in [0, 0.1) is 0 Å².